The van der Waals surface area contributed by atoms with Gasteiger partial charge in [-0.2, -0.15) is 0 Å². The highest BCUT2D eigenvalue weighted by Crippen LogP contribution is 2.12. The summed E-state index contributed by atoms with van der Waals surface area (Å²) in [5.74, 6) is -0.399. The maximum absolute atomic E-state index is 12.0. The van der Waals surface area contributed by atoms with Crippen molar-refractivity contribution in [3.05, 3.63) is 0 Å². The van der Waals surface area contributed by atoms with Gasteiger partial charge in [-0.3, -0.25) is 9.59 Å². The van der Waals surface area contributed by atoms with Gasteiger partial charge >= 0.3 is 5.97 Å². The van der Waals surface area contributed by atoms with Crippen LogP contribution in [0.2, 0.25) is 0 Å². The van der Waals surface area contributed by atoms with Crippen LogP contribution in [0.4, 0.5) is 0 Å². The number of carbonyl (C=O) groups excluding carboxylic acids is 2. The number of esters is 1. The van der Waals surface area contributed by atoms with E-state index in [1.807, 2.05) is 13.8 Å². The van der Waals surface area contributed by atoms with Gasteiger partial charge in [-0.25, -0.2) is 0 Å². The maximum atomic E-state index is 12.0. The SMILES string of the molecule is CCCCCCCCCCCCCCOC(=O)CCC(N)C(=O)[C@@H](N)C(C)C. The van der Waals surface area contributed by atoms with Gasteiger partial charge < -0.3 is 16.2 Å². The molecule has 0 bridgehead atoms. The number of hydrogen-bond donors (Lipinski definition) is 2. The Hall–Kier alpha value is -0.940. The molecule has 166 valence electrons. The zero-order valence-electron chi connectivity index (χ0n) is 18.7. The lowest BCUT2D eigenvalue weighted by molar-refractivity contribution is -0.144. The van der Waals surface area contributed by atoms with Crippen molar-refractivity contribution < 1.29 is 14.3 Å². The molecule has 0 aliphatic carbocycles. The Morgan fingerprint density at radius 3 is 1.71 bits per heavy atom. The van der Waals surface area contributed by atoms with Crippen molar-refractivity contribution in [2.24, 2.45) is 17.4 Å². The Morgan fingerprint density at radius 2 is 1.25 bits per heavy atom. The first kappa shape index (κ1) is 27.1. The van der Waals surface area contributed by atoms with Crippen LogP contribution in [0, 0.1) is 5.92 Å². The largest absolute Gasteiger partial charge is 0.466 e. The van der Waals surface area contributed by atoms with Gasteiger partial charge in [-0.15, -0.1) is 0 Å². The number of ketones is 1. The van der Waals surface area contributed by atoms with E-state index in [4.69, 9.17) is 16.2 Å². The molecule has 0 spiro atoms. The van der Waals surface area contributed by atoms with Crippen molar-refractivity contribution in [3.63, 3.8) is 0 Å². The number of nitrogens with two attached hydrogens (primary N) is 2. The van der Waals surface area contributed by atoms with Crippen molar-refractivity contribution in [2.45, 2.75) is 123 Å². The first-order valence-corrected chi connectivity index (χ1v) is 11.6. The number of Topliss-reactive ketones (excluding diaryl/α,β-unsaturated/α-hetero) is 1. The van der Waals surface area contributed by atoms with E-state index in [2.05, 4.69) is 6.92 Å². The van der Waals surface area contributed by atoms with Gasteiger partial charge in [-0.1, -0.05) is 91.4 Å². The normalized spacial score (nSPS) is 13.5. The molecule has 28 heavy (non-hydrogen) atoms. The van der Waals surface area contributed by atoms with E-state index in [0.717, 1.165) is 12.8 Å². The third-order valence-corrected chi connectivity index (χ3v) is 5.33. The third-order valence-electron chi connectivity index (χ3n) is 5.33. The fraction of sp³-hybridized carbons (Fsp3) is 0.913. The van der Waals surface area contributed by atoms with Crippen molar-refractivity contribution in [2.75, 3.05) is 6.61 Å². The standard InChI is InChI=1S/C23H46N2O3/c1-4-5-6-7-8-9-10-11-12-13-14-15-18-28-21(26)17-16-20(24)23(27)22(25)19(2)3/h19-20,22H,4-18,24-25H2,1-3H3/t20?,22-/m0/s1. The van der Waals surface area contributed by atoms with Gasteiger partial charge in [0.25, 0.3) is 0 Å². The van der Waals surface area contributed by atoms with Crippen molar-refractivity contribution >= 4 is 11.8 Å². The number of unbranched alkanes of at least 4 members (excludes halogenated alkanes) is 11. The minimum Gasteiger partial charge on any atom is -0.466 e. The molecular formula is C23H46N2O3. The Kier molecular flexibility index (Phi) is 17.5. The van der Waals surface area contributed by atoms with Crippen molar-refractivity contribution in [3.8, 4) is 0 Å². The van der Waals surface area contributed by atoms with E-state index in [1.54, 1.807) is 0 Å². The summed E-state index contributed by atoms with van der Waals surface area (Å²) in [5.41, 5.74) is 11.7. The molecule has 0 aliphatic heterocycles. The second kappa shape index (κ2) is 18.1. The summed E-state index contributed by atoms with van der Waals surface area (Å²) in [6.45, 7) is 6.49. The number of ether oxygens (including phenoxy) is 1. The molecule has 4 N–H and O–H groups in total. The van der Waals surface area contributed by atoms with E-state index >= 15 is 0 Å². The maximum Gasteiger partial charge on any atom is 0.305 e. The quantitative estimate of drug-likeness (QED) is 0.238. The summed E-state index contributed by atoms with van der Waals surface area (Å²) >= 11 is 0. The first-order valence-electron chi connectivity index (χ1n) is 11.6. The average Bonchev–Trinajstić information content (AvgIpc) is 2.68. The molecule has 0 fully saturated rings. The Balaban J connectivity index is 3.47. The molecule has 0 heterocycles. The lowest BCUT2D eigenvalue weighted by Crippen LogP contribution is -2.46. The molecule has 0 aromatic rings. The molecular weight excluding hydrogens is 352 g/mol. The molecule has 5 nitrogen and oxygen atoms in total. The Morgan fingerprint density at radius 1 is 0.786 bits per heavy atom. The van der Waals surface area contributed by atoms with Gasteiger partial charge in [0.15, 0.2) is 5.78 Å². The van der Waals surface area contributed by atoms with Crippen LogP contribution in [0.1, 0.15) is 111 Å². The highest BCUT2D eigenvalue weighted by Gasteiger charge is 2.24. The lowest BCUT2D eigenvalue weighted by Gasteiger charge is -2.18. The summed E-state index contributed by atoms with van der Waals surface area (Å²) < 4.78 is 5.23. The van der Waals surface area contributed by atoms with Gasteiger partial charge in [-0.05, 0) is 18.8 Å². The second-order valence-corrected chi connectivity index (χ2v) is 8.43. The van der Waals surface area contributed by atoms with Crippen LogP contribution in [-0.2, 0) is 14.3 Å². The minimum absolute atomic E-state index is 0.0521. The van der Waals surface area contributed by atoms with Gasteiger partial charge in [0, 0.05) is 6.42 Å². The van der Waals surface area contributed by atoms with Crippen molar-refractivity contribution in [1.82, 2.24) is 0 Å². The summed E-state index contributed by atoms with van der Waals surface area (Å²) in [5, 5.41) is 0. The molecule has 0 aromatic carbocycles. The van der Waals surface area contributed by atoms with E-state index in [0.29, 0.717) is 13.0 Å². The summed E-state index contributed by atoms with van der Waals surface area (Å²) in [6, 6.07) is -1.25. The highest BCUT2D eigenvalue weighted by molar-refractivity contribution is 5.89. The second-order valence-electron chi connectivity index (χ2n) is 8.43. The van der Waals surface area contributed by atoms with Gasteiger partial charge in [0.05, 0.1) is 18.7 Å². The molecule has 0 rings (SSSR count). The summed E-state index contributed by atoms with van der Waals surface area (Å²) in [4.78, 5) is 23.7. The zero-order chi connectivity index (χ0) is 21.2. The molecule has 5 heteroatoms. The minimum atomic E-state index is -0.684. The molecule has 0 aliphatic rings. The molecule has 0 saturated carbocycles. The van der Waals surface area contributed by atoms with Crippen LogP contribution in [0.25, 0.3) is 0 Å². The van der Waals surface area contributed by atoms with E-state index < -0.39 is 12.1 Å². The predicted octanol–water partition coefficient (Wildman–Crippen LogP) is 4.89. The zero-order valence-corrected chi connectivity index (χ0v) is 18.7. The number of hydrogen-bond acceptors (Lipinski definition) is 5. The third kappa shape index (κ3) is 15.0. The molecule has 1 unspecified atom stereocenters. The lowest BCUT2D eigenvalue weighted by atomic mass is 9.94. The van der Waals surface area contributed by atoms with Crippen LogP contribution in [0.15, 0.2) is 0 Å². The van der Waals surface area contributed by atoms with Crippen LogP contribution < -0.4 is 11.5 Å². The average molecular weight is 399 g/mol. The van der Waals surface area contributed by atoms with Crippen LogP contribution in [-0.4, -0.2) is 30.4 Å². The monoisotopic (exact) mass is 398 g/mol. The van der Waals surface area contributed by atoms with E-state index in [9.17, 15) is 9.59 Å². The van der Waals surface area contributed by atoms with E-state index in [-0.39, 0.29) is 24.1 Å². The Bertz CT molecular complexity index is 399. The fourth-order valence-corrected chi connectivity index (χ4v) is 3.19. The molecule has 0 amide bonds. The van der Waals surface area contributed by atoms with Gasteiger partial charge in [0.2, 0.25) is 0 Å². The molecule has 0 radical (unpaired) electrons. The number of carbonyl (C=O) groups is 2. The summed E-state index contributed by atoms with van der Waals surface area (Å²) in [7, 11) is 0. The Labute approximate surface area is 173 Å². The predicted molar refractivity (Wildman–Crippen MR) is 117 cm³/mol. The molecule has 0 aromatic heterocycles. The topological polar surface area (TPSA) is 95.4 Å². The molecule has 0 saturated heterocycles. The number of rotatable bonds is 19. The van der Waals surface area contributed by atoms with E-state index in [1.165, 1.54) is 64.2 Å². The van der Waals surface area contributed by atoms with Crippen molar-refractivity contribution in [1.29, 1.82) is 0 Å². The van der Waals surface area contributed by atoms with Crippen LogP contribution >= 0.6 is 0 Å². The first-order chi connectivity index (χ1) is 13.4. The van der Waals surface area contributed by atoms with Crippen LogP contribution in [0.3, 0.4) is 0 Å². The smallest absolute Gasteiger partial charge is 0.305 e. The fourth-order valence-electron chi connectivity index (χ4n) is 3.19. The van der Waals surface area contributed by atoms with Gasteiger partial charge in [0.1, 0.15) is 0 Å². The summed E-state index contributed by atoms with van der Waals surface area (Å²) in [6.07, 6.45) is 15.9. The molecule has 2 atom stereocenters. The highest BCUT2D eigenvalue weighted by atomic mass is 16.5. The van der Waals surface area contributed by atoms with Crippen LogP contribution in [0.5, 0.6) is 0 Å².